The smallest absolute Gasteiger partial charge is 0.321 e. The number of methoxy groups -OCH3 is 1. The van der Waals surface area contributed by atoms with Crippen LogP contribution in [-0.4, -0.2) is 62.6 Å². The second kappa shape index (κ2) is 10.1. The summed E-state index contributed by atoms with van der Waals surface area (Å²) in [6, 6.07) is 14.3. The SMILES string of the molecule is CCOC(=O)[C@@H]1C(=O)NC(N2CCN(c3ccccc3OC)CC2)=N[C@H]1c1ccc(Cl)cc1. The number of hydrogen-bond donors (Lipinski definition) is 1. The standard InChI is InChI=1S/C24H27ClN4O4/c1-3-33-23(31)20-21(16-8-10-17(25)11-9-16)26-24(27-22(20)30)29-14-12-28(13-15-29)18-6-4-5-7-19(18)32-2/h4-11,20-21H,3,12-15H2,1-2H3,(H,26,27,30)/t20-,21-/m0/s1. The number of halogens is 1. The van der Waals surface area contributed by atoms with Crippen LogP contribution in [0.25, 0.3) is 0 Å². The number of carbonyl (C=O) groups excluding carboxylic acids is 2. The van der Waals surface area contributed by atoms with Crippen molar-refractivity contribution in [2.75, 3.05) is 44.8 Å². The number of carbonyl (C=O) groups is 2. The average molecular weight is 471 g/mol. The van der Waals surface area contributed by atoms with Gasteiger partial charge in [0.25, 0.3) is 0 Å². The lowest BCUT2D eigenvalue weighted by molar-refractivity contribution is -0.153. The zero-order chi connectivity index (χ0) is 23.4. The fourth-order valence-corrected chi connectivity index (χ4v) is 4.30. The van der Waals surface area contributed by atoms with Crippen LogP contribution in [0.3, 0.4) is 0 Å². The molecule has 174 valence electrons. The van der Waals surface area contributed by atoms with Crippen molar-refractivity contribution in [1.29, 1.82) is 0 Å². The Morgan fingerprint density at radius 3 is 2.42 bits per heavy atom. The Bertz CT molecular complexity index is 1040. The molecule has 2 aromatic rings. The average Bonchev–Trinajstić information content (AvgIpc) is 2.84. The highest BCUT2D eigenvalue weighted by molar-refractivity contribution is 6.30. The second-order valence-electron chi connectivity index (χ2n) is 7.81. The molecule has 0 aromatic heterocycles. The second-order valence-corrected chi connectivity index (χ2v) is 8.25. The Labute approximate surface area is 198 Å². The molecule has 9 heteroatoms. The van der Waals surface area contributed by atoms with Crippen LogP contribution in [0.5, 0.6) is 5.75 Å². The van der Waals surface area contributed by atoms with Gasteiger partial charge in [0.15, 0.2) is 5.92 Å². The number of nitrogens with one attached hydrogen (secondary N) is 1. The number of para-hydroxylation sites is 2. The highest BCUT2D eigenvalue weighted by Gasteiger charge is 2.42. The van der Waals surface area contributed by atoms with Gasteiger partial charge in [0.1, 0.15) is 11.8 Å². The maximum absolute atomic E-state index is 13.0. The van der Waals surface area contributed by atoms with Crippen molar-refractivity contribution >= 4 is 35.1 Å². The molecule has 1 saturated heterocycles. The van der Waals surface area contributed by atoms with Gasteiger partial charge < -0.3 is 19.3 Å². The number of piperazine rings is 1. The van der Waals surface area contributed by atoms with E-state index in [1.807, 2.05) is 29.2 Å². The molecule has 0 spiro atoms. The first-order valence-corrected chi connectivity index (χ1v) is 11.3. The van der Waals surface area contributed by atoms with E-state index in [2.05, 4.69) is 10.2 Å². The van der Waals surface area contributed by atoms with Crippen LogP contribution in [0.15, 0.2) is 53.5 Å². The molecule has 2 heterocycles. The molecule has 33 heavy (non-hydrogen) atoms. The molecule has 2 aliphatic rings. The molecule has 0 unspecified atom stereocenters. The van der Waals surface area contributed by atoms with Gasteiger partial charge in [-0.1, -0.05) is 35.9 Å². The molecule has 0 aliphatic carbocycles. The lowest BCUT2D eigenvalue weighted by atomic mass is 9.91. The molecule has 1 fully saturated rings. The maximum Gasteiger partial charge on any atom is 0.321 e. The zero-order valence-electron chi connectivity index (χ0n) is 18.7. The number of nitrogens with zero attached hydrogens (tertiary/aromatic N) is 3. The Kier molecular flexibility index (Phi) is 7.03. The largest absolute Gasteiger partial charge is 0.495 e. The van der Waals surface area contributed by atoms with Crippen molar-refractivity contribution in [1.82, 2.24) is 10.2 Å². The summed E-state index contributed by atoms with van der Waals surface area (Å²) in [5.41, 5.74) is 1.77. The van der Waals surface area contributed by atoms with Crippen molar-refractivity contribution in [2.45, 2.75) is 13.0 Å². The van der Waals surface area contributed by atoms with Gasteiger partial charge in [-0.2, -0.15) is 0 Å². The Hall–Kier alpha value is -3.26. The number of amides is 1. The first kappa shape index (κ1) is 22.9. The zero-order valence-corrected chi connectivity index (χ0v) is 19.4. The van der Waals surface area contributed by atoms with E-state index in [9.17, 15) is 9.59 Å². The molecular weight excluding hydrogens is 444 g/mol. The van der Waals surface area contributed by atoms with E-state index >= 15 is 0 Å². The van der Waals surface area contributed by atoms with Crippen molar-refractivity contribution in [2.24, 2.45) is 10.9 Å². The van der Waals surface area contributed by atoms with Crippen molar-refractivity contribution in [3.05, 3.63) is 59.1 Å². The molecule has 2 aromatic carbocycles. The van der Waals surface area contributed by atoms with Crippen LogP contribution >= 0.6 is 11.6 Å². The topological polar surface area (TPSA) is 83.5 Å². The van der Waals surface area contributed by atoms with E-state index in [4.69, 9.17) is 26.1 Å². The van der Waals surface area contributed by atoms with Gasteiger partial charge in [-0.05, 0) is 36.8 Å². The summed E-state index contributed by atoms with van der Waals surface area (Å²) in [6.45, 7) is 4.71. The fourth-order valence-electron chi connectivity index (χ4n) is 4.18. The highest BCUT2D eigenvalue weighted by atomic mass is 35.5. The molecular formula is C24H27ClN4O4. The van der Waals surface area contributed by atoms with Crippen LogP contribution < -0.4 is 15.0 Å². The third-order valence-corrected chi connectivity index (χ3v) is 6.10. The molecule has 1 N–H and O–H groups in total. The van der Waals surface area contributed by atoms with Crippen LogP contribution in [0.1, 0.15) is 18.5 Å². The summed E-state index contributed by atoms with van der Waals surface area (Å²) < 4.78 is 10.7. The Morgan fingerprint density at radius 2 is 1.76 bits per heavy atom. The van der Waals surface area contributed by atoms with Crippen LogP contribution in [0.2, 0.25) is 5.02 Å². The highest BCUT2D eigenvalue weighted by Crippen LogP contribution is 2.32. The van der Waals surface area contributed by atoms with Crippen LogP contribution in [0.4, 0.5) is 5.69 Å². The van der Waals surface area contributed by atoms with Crippen molar-refractivity contribution in [3.63, 3.8) is 0 Å². The first-order valence-electron chi connectivity index (χ1n) is 11.0. The van der Waals surface area contributed by atoms with E-state index in [1.165, 1.54) is 0 Å². The third kappa shape index (κ3) is 4.90. The van der Waals surface area contributed by atoms with Gasteiger partial charge in [0.05, 0.1) is 19.4 Å². The lowest BCUT2D eigenvalue weighted by Crippen LogP contribution is -2.57. The van der Waals surface area contributed by atoms with E-state index < -0.39 is 23.8 Å². The summed E-state index contributed by atoms with van der Waals surface area (Å²) in [5.74, 6) is -0.747. The number of rotatable bonds is 5. The quantitative estimate of drug-likeness (QED) is 0.534. The minimum Gasteiger partial charge on any atom is -0.495 e. The Morgan fingerprint density at radius 1 is 1.09 bits per heavy atom. The van der Waals surface area contributed by atoms with Gasteiger partial charge in [-0.15, -0.1) is 0 Å². The maximum atomic E-state index is 13.0. The number of guanidine groups is 1. The predicted molar refractivity (Wildman–Crippen MR) is 127 cm³/mol. The Balaban J connectivity index is 1.56. The number of ether oxygens (including phenoxy) is 2. The lowest BCUT2D eigenvalue weighted by Gasteiger charge is -2.40. The normalized spacial score (nSPS) is 20.7. The number of esters is 1. The number of aliphatic imine (C=N–C) groups is 1. The summed E-state index contributed by atoms with van der Waals surface area (Å²) in [4.78, 5) is 34.7. The van der Waals surface area contributed by atoms with Gasteiger partial charge in [0.2, 0.25) is 11.9 Å². The third-order valence-electron chi connectivity index (χ3n) is 5.85. The van der Waals surface area contributed by atoms with Crippen molar-refractivity contribution in [3.8, 4) is 5.75 Å². The number of hydrogen-bond acceptors (Lipinski definition) is 7. The van der Waals surface area contributed by atoms with E-state index in [-0.39, 0.29) is 6.61 Å². The molecule has 8 nitrogen and oxygen atoms in total. The predicted octanol–water partition coefficient (Wildman–Crippen LogP) is 2.88. The molecule has 0 saturated carbocycles. The van der Waals surface area contributed by atoms with Gasteiger partial charge in [-0.25, -0.2) is 4.99 Å². The van der Waals surface area contributed by atoms with Crippen LogP contribution in [-0.2, 0) is 14.3 Å². The van der Waals surface area contributed by atoms with Gasteiger partial charge >= 0.3 is 5.97 Å². The van der Waals surface area contributed by atoms with Gasteiger partial charge in [-0.3, -0.25) is 14.9 Å². The number of benzene rings is 2. The first-order chi connectivity index (χ1) is 16.0. The molecule has 2 atom stereocenters. The molecule has 0 radical (unpaired) electrons. The molecule has 1 amide bonds. The molecule has 0 bridgehead atoms. The molecule has 2 aliphatic heterocycles. The van der Waals surface area contributed by atoms with E-state index in [0.29, 0.717) is 24.1 Å². The molecule has 4 rings (SSSR count). The summed E-state index contributed by atoms with van der Waals surface area (Å²) >= 11 is 6.04. The van der Waals surface area contributed by atoms with E-state index in [1.54, 1.807) is 38.3 Å². The summed E-state index contributed by atoms with van der Waals surface area (Å²) in [6.07, 6.45) is 0. The summed E-state index contributed by atoms with van der Waals surface area (Å²) in [5, 5.41) is 3.40. The number of anilines is 1. The summed E-state index contributed by atoms with van der Waals surface area (Å²) in [7, 11) is 1.66. The van der Waals surface area contributed by atoms with Gasteiger partial charge in [0, 0.05) is 31.2 Å². The van der Waals surface area contributed by atoms with Crippen LogP contribution in [0, 0.1) is 5.92 Å². The van der Waals surface area contributed by atoms with Crippen molar-refractivity contribution < 1.29 is 19.1 Å². The fraction of sp³-hybridized carbons (Fsp3) is 0.375. The van der Waals surface area contributed by atoms with E-state index in [0.717, 1.165) is 30.1 Å². The minimum atomic E-state index is -1.05. The monoisotopic (exact) mass is 470 g/mol. The minimum absolute atomic E-state index is 0.192.